The van der Waals surface area contributed by atoms with E-state index in [-0.39, 0.29) is 0 Å². The molecule has 0 aromatic rings. The average molecular weight is 326 g/mol. The first-order valence-electron chi connectivity index (χ1n) is 10.3. The molecular weight excluding hydrogens is 282 g/mol. The fourth-order valence-electron chi connectivity index (χ4n) is 2.87. The Labute approximate surface area is 146 Å². The van der Waals surface area contributed by atoms with Crippen molar-refractivity contribution in [3.05, 3.63) is 12.2 Å². The minimum absolute atomic E-state index is 0.781. The molecule has 0 saturated carbocycles. The van der Waals surface area contributed by atoms with Crippen molar-refractivity contribution in [2.24, 2.45) is 0 Å². The summed E-state index contributed by atoms with van der Waals surface area (Å²) in [4.78, 5) is 5.39. The first-order chi connectivity index (χ1) is 11.3. The Morgan fingerprint density at radius 3 is 1.65 bits per heavy atom. The minimum atomic E-state index is 0.781. The van der Waals surface area contributed by atoms with Crippen LogP contribution in [-0.4, -0.2) is 25.3 Å². The van der Waals surface area contributed by atoms with E-state index in [0.29, 0.717) is 0 Å². The highest BCUT2D eigenvalue weighted by atomic mass is 16.7. The van der Waals surface area contributed by atoms with Crippen molar-refractivity contribution < 1.29 is 4.84 Å². The molecule has 0 saturated heterocycles. The van der Waals surface area contributed by atoms with Gasteiger partial charge < -0.3 is 0 Å². The quantitative estimate of drug-likeness (QED) is 0.154. The Hall–Kier alpha value is -0.340. The van der Waals surface area contributed by atoms with Gasteiger partial charge in [-0.3, -0.25) is 4.84 Å². The standard InChI is InChI=1S/C21H43NO/c1-4-6-7-8-9-10-11-12-13-14-15-16-17-18-19-20-21-22(3)23-5-2/h12-13H,4-11,14-21H2,1-3H3/b13-12-. The largest absolute Gasteiger partial charge is 0.300 e. The molecule has 0 bridgehead atoms. The normalized spacial score (nSPS) is 11.8. The molecule has 2 heteroatoms. The second-order valence-corrected chi connectivity index (χ2v) is 6.71. The van der Waals surface area contributed by atoms with Gasteiger partial charge in [-0.05, 0) is 39.0 Å². The SMILES string of the molecule is CCCCCCCC/C=C\CCCCCCCCN(C)OCC. The van der Waals surface area contributed by atoms with E-state index in [2.05, 4.69) is 19.1 Å². The van der Waals surface area contributed by atoms with Crippen molar-refractivity contribution in [1.82, 2.24) is 5.06 Å². The van der Waals surface area contributed by atoms with Crippen LogP contribution in [0.2, 0.25) is 0 Å². The minimum Gasteiger partial charge on any atom is -0.300 e. The number of hydroxylamine groups is 2. The highest BCUT2D eigenvalue weighted by molar-refractivity contribution is 4.81. The molecule has 0 unspecified atom stereocenters. The molecule has 0 fully saturated rings. The van der Waals surface area contributed by atoms with Gasteiger partial charge in [-0.1, -0.05) is 76.9 Å². The number of allylic oxidation sites excluding steroid dienone is 2. The number of nitrogens with zero attached hydrogens (tertiary/aromatic N) is 1. The summed E-state index contributed by atoms with van der Waals surface area (Å²) in [6.07, 6.45) is 23.9. The lowest BCUT2D eigenvalue weighted by Crippen LogP contribution is -2.19. The van der Waals surface area contributed by atoms with E-state index in [9.17, 15) is 0 Å². The van der Waals surface area contributed by atoms with Gasteiger partial charge in [0.25, 0.3) is 0 Å². The Bertz CT molecular complexity index is 240. The molecule has 23 heavy (non-hydrogen) atoms. The molecule has 0 rings (SSSR count). The number of unbranched alkanes of at least 4 members (excludes halogenated alkanes) is 12. The average Bonchev–Trinajstić information content (AvgIpc) is 2.54. The van der Waals surface area contributed by atoms with E-state index in [4.69, 9.17) is 4.84 Å². The zero-order chi connectivity index (χ0) is 17.0. The predicted molar refractivity (Wildman–Crippen MR) is 104 cm³/mol. The zero-order valence-corrected chi connectivity index (χ0v) is 16.3. The molecule has 0 aliphatic carbocycles. The molecular formula is C21H43NO. The van der Waals surface area contributed by atoms with Crippen molar-refractivity contribution in [2.75, 3.05) is 20.2 Å². The van der Waals surface area contributed by atoms with Crippen molar-refractivity contribution in [2.45, 2.75) is 104 Å². The number of hydrogen-bond acceptors (Lipinski definition) is 2. The van der Waals surface area contributed by atoms with Crippen LogP contribution >= 0.6 is 0 Å². The summed E-state index contributed by atoms with van der Waals surface area (Å²) in [5.74, 6) is 0. The van der Waals surface area contributed by atoms with Crippen LogP contribution in [0, 0.1) is 0 Å². The van der Waals surface area contributed by atoms with Crippen LogP contribution in [0.25, 0.3) is 0 Å². The monoisotopic (exact) mass is 325 g/mol. The molecule has 0 radical (unpaired) electrons. The van der Waals surface area contributed by atoms with Crippen LogP contribution in [0.1, 0.15) is 104 Å². The second-order valence-electron chi connectivity index (χ2n) is 6.71. The van der Waals surface area contributed by atoms with Crippen LogP contribution in [-0.2, 0) is 4.84 Å². The number of rotatable bonds is 18. The predicted octanol–water partition coefficient (Wildman–Crippen LogP) is 6.91. The van der Waals surface area contributed by atoms with E-state index in [1.54, 1.807) is 0 Å². The summed E-state index contributed by atoms with van der Waals surface area (Å²) in [7, 11) is 2.03. The van der Waals surface area contributed by atoms with Crippen LogP contribution in [0.15, 0.2) is 12.2 Å². The molecule has 0 atom stereocenters. The summed E-state index contributed by atoms with van der Waals surface area (Å²) in [6, 6.07) is 0. The van der Waals surface area contributed by atoms with Gasteiger partial charge in [-0.15, -0.1) is 0 Å². The molecule has 0 aromatic carbocycles. The van der Waals surface area contributed by atoms with Gasteiger partial charge in [-0.2, -0.15) is 5.06 Å². The van der Waals surface area contributed by atoms with Crippen LogP contribution in [0.3, 0.4) is 0 Å². The lowest BCUT2D eigenvalue weighted by Gasteiger charge is -2.14. The van der Waals surface area contributed by atoms with Gasteiger partial charge >= 0.3 is 0 Å². The zero-order valence-electron chi connectivity index (χ0n) is 16.3. The first kappa shape index (κ1) is 22.7. The molecule has 0 amide bonds. The number of hydrogen-bond donors (Lipinski definition) is 0. The highest BCUT2D eigenvalue weighted by Gasteiger charge is 1.96. The summed E-state index contributed by atoms with van der Waals surface area (Å²) in [5.41, 5.74) is 0. The van der Waals surface area contributed by atoms with Gasteiger partial charge in [0, 0.05) is 13.6 Å². The summed E-state index contributed by atoms with van der Waals surface area (Å²) in [5, 5.41) is 1.97. The summed E-state index contributed by atoms with van der Waals surface area (Å²) in [6.45, 7) is 6.17. The van der Waals surface area contributed by atoms with E-state index >= 15 is 0 Å². The molecule has 0 heterocycles. The molecule has 2 nitrogen and oxygen atoms in total. The Morgan fingerprint density at radius 2 is 1.13 bits per heavy atom. The first-order valence-corrected chi connectivity index (χ1v) is 10.3. The van der Waals surface area contributed by atoms with Gasteiger partial charge in [0.1, 0.15) is 0 Å². The van der Waals surface area contributed by atoms with Crippen molar-refractivity contribution in [1.29, 1.82) is 0 Å². The topological polar surface area (TPSA) is 12.5 Å². The maximum Gasteiger partial charge on any atom is 0.0656 e. The van der Waals surface area contributed by atoms with Crippen molar-refractivity contribution in [3.63, 3.8) is 0 Å². The van der Waals surface area contributed by atoms with Crippen molar-refractivity contribution >= 4 is 0 Å². The van der Waals surface area contributed by atoms with Crippen LogP contribution in [0.4, 0.5) is 0 Å². The summed E-state index contributed by atoms with van der Waals surface area (Å²) >= 11 is 0. The molecule has 0 spiro atoms. The molecule has 0 aliphatic rings. The third-order valence-corrected chi connectivity index (χ3v) is 4.33. The Balaban J connectivity index is 3.10. The second kappa shape index (κ2) is 19.7. The van der Waals surface area contributed by atoms with Gasteiger partial charge in [-0.25, -0.2) is 0 Å². The van der Waals surface area contributed by atoms with Crippen LogP contribution < -0.4 is 0 Å². The highest BCUT2D eigenvalue weighted by Crippen LogP contribution is 2.10. The van der Waals surface area contributed by atoms with Gasteiger partial charge in [0.05, 0.1) is 6.61 Å². The van der Waals surface area contributed by atoms with E-state index in [1.165, 1.54) is 89.9 Å². The lowest BCUT2D eigenvalue weighted by atomic mass is 10.1. The van der Waals surface area contributed by atoms with Gasteiger partial charge in [0.2, 0.25) is 0 Å². The Kier molecular flexibility index (Phi) is 19.4. The van der Waals surface area contributed by atoms with E-state index < -0.39 is 0 Å². The maximum absolute atomic E-state index is 5.39. The van der Waals surface area contributed by atoms with Crippen molar-refractivity contribution in [3.8, 4) is 0 Å². The molecule has 138 valence electrons. The third-order valence-electron chi connectivity index (χ3n) is 4.33. The third kappa shape index (κ3) is 19.6. The molecule has 0 aromatic heterocycles. The Morgan fingerprint density at radius 1 is 0.652 bits per heavy atom. The fourth-order valence-corrected chi connectivity index (χ4v) is 2.87. The van der Waals surface area contributed by atoms with E-state index in [0.717, 1.165) is 13.2 Å². The van der Waals surface area contributed by atoms with E-state index in [1.807, 2.05) is 19.0 Å². The molecule has 0 aliphatic heterocycles. The fraction of sp³-hybridized carbons (Fsp3) is 0.905. The molecule has 0 N–H and O–H groups in total. The summed E-state index contributed by atoms with van der Waals surface area (Å²) < 4.78 is 0. The smallest absolute Gasteiger partial charge is 0.0656 e. The lowest BCUT2D eigenvalue weighted by molar-refractivity contribution is -0.135. The maximum atomic E-state index is 5.39. The van der Waals surface area contributed by atoms with Gasteiger partial charge in [0.15, 0.2) is 0 Å². The van der Waals surface area contributed by atoms with Crippen LogP contribution in [0.5, 0.6) is 0 Å².